The van der Waals surface area contributed by atoms with Gasteiger partial charge in [0.1, 0.15) is 0 Å². The zero-order valence-corrected chi connectivity index (χ0v) is 13.4. The molecule has 0 radical (unpaired) electrons. The van der Waals surface area contributed by atoms with Gasteiger partial charge in [-0.2, -0.15) is 5.10 Å². The second-order valence-corrected chi connectivity index (χ2v) is 5.13. The quantitative estimate of drug-likeness (QED) is 0.640. The number of methoxy groups -OCH3 is 1. The monoisotopic (exact) mass is 329 g/mol. The van der Waals surface area contributed by atoms with Crippen molar-refractivity contribution in [1.29, 1.82) is 0 Å². The number of para-hydroxylation sites is 1. The first-order chi connectivity index (χ1) is 11.8. The lowest BCUT2D eigenvalue weighted by atomic mass is 10.2. The summed E-state index contributed by atoms with van der Waals surface area (Å²) in [6, 6.07) is 9.08. The molecule has 0 aliphatic carbocycles. The number of hydrogen-bond donors (Lipinski definition) is 1. The fourth-order valence-electron chi connectivity index (χ4n) is 2.33. The molecule has 0 atom stereocenters. The highest BCUT2D eigenvalue weighted by Crippen LogP contribution is 2.28. The normalized spacial score (nSPS) is 10.9. The van der Waals surface area contributed by atoms with Gasteiger partial charge in [0.2, 0.25) is 0 Å². The molecule has 24 heavy (non-hydrogen) atoms. The Balaban J connectivity index is 1.45. The minimum Gasteiger partial charge on any atom is -0.493 e. The van der Waals surface area contributed by atoms with Crippen molar-refractivity contribution in [2.45, 2.75) is 6.54 Å². The van der Waals surface area contributed by atoms with E-state index in [1.807, 2.05) is 24.4 Å². The van der Waals surface area contributed by atoms with Crippen molar-refractivity contribution in [2.75, 3.05) is 26.9 Å². The van der Waals surface area contributed by atoms with E-state index in [1.54, 1.807) is 30.1 Å². The van der Waals surface area contributed by atoms with E-state index in [0.29, 0.717) is 37.6 Å². The van der Waals surface area contributed by atoms with Crippen LogP contribution in [0.15, 0.2) is 47.1 Å². The van der Waals surface area contributed by atoms with Gasteiger partial charge in [-0.3, -0.25) is 9.48 Å². The summed E-state index contributed by atoms with van der Waals surface area (Å²) in [7, 11) is 1.57. The van der Waals surface area contributed by atoms with Gasteiger partial charge in [-0.05, 0) is 18.2 Å². The number of nitrogens with one attached hydrogen (secondary N) is 1. The molecule has 0 unspecified atom stereocenters. The molecular weight excluding hydrogens is 310 g/mol. The Morgan fingerprint density at radius 3 is 3.04 bits per heavy atom. The minimum absolute atomic E-state index is 0.256. The van der Waals surface area contributed by atoms with Crippen LogP contribution in [0.3, 0.4) is 0 Å². The molecular formula is C17H19N3O4. The molecule has 0 fully saturated rings. The Hall–Kier alpha value is -2.80. The molecule has 1 aromatic carbocycles. The standard InChI is InChI=1S/C17H19N3O4/c1-22-14-5-2-4-13-12-15(24-16(13)14)17(21)18-7-10-23-11-9-20-8-3-6-19-20/h2-6,8,12H,7,9-11H2,1H3,(H,18,21). The van der Waals surface area contributed by atoms with E-state index in [1.165, 1.54) is 0 Å². The third kappa shape index (κ3) is 3.75. The van der Waals surface area contributed by atoms with Crippen LogP contribution in [0, 0.1) is 0 Å². The molecule has 0 bridgehead atoms. The lowest BCUT2D eigenvalue weighted by Gasteiger charge is -2.05. The first kappa shape index (κ1) is 16.1. The molecule has 1 N–H and O–H groups in total. The van der Waals surface area contributed by atoms with Gasteiger partial charge in [0.25, 0.3) is 5.91 Å². The molecule has 1 amide bonds. The Morgan fingerprint density at radius 1 is 1.33 bits per heavy atom. The van der Waals surface area contributed by atoms with E-state index in [2.05, 4.69) is 10.4 Å². The van der Waals surface area contributed by atoms with Crippen molar-refractivity contribution in [2.24, 2.45) is 0 Å². The second kappa shape index (κ2) is 7.65. The zero-order chi connectivity index (χ0) is 16.8. The summed E-state index contributed by atoms with van der Waals surface area (Å²) >= 11 is 0. The topological polar surface area (TPSA) is 78.5 Å². The molecule has 2 aromatic heterocycles. The number of aromatic nitrogens is 2. The number of furan rings is 1. The van der Waals surface area contributed by atoms with Gasteiger partial charge in [0, 0.05) is 24.3 Å². The third-order valence-electron chi connectivity index (χ3n) is 3.51. The Bertz CT molecular complexity index is 795. The molecule has 0 aliphatic rings. The van der Waals surface area contributed by atoms with Gasteiger partial charge in [0.15, 0.2) is 17.1 Å². The van der Waals surface area contributed by atoms with Crippen LogP contribution in [0.2, 0.25) is 0 Å². The molecule has 3 aromatic rings. The van der Waals surface area contributed by atoms with Crippen molar-refractivity contribution in [3.63, 3.8) is 0 Å². The molecule has 126 valence electrons. The van der Waals surface area contributed by atoms with Gasteiger partial charge in [-0.15, -0.1) is 0 Å². The van der Waals surface area contributed by atoms with Crippen LogP contribution in [0.5, 0.6) is 5.75 Å². The van der Waals surface area contributed by atoms with Gasteiger partial charge >= 0.3 is 0 Å². The average molecular weight is 329 g/mol. The van der Waals surface area contributed by atoms with Gasteiger partial charge in [0.05, 0.1) is 26.9 Å². The maximum atomic E-state index is 12.1. The summed E-state index contributed by atoms with van der Waals surface area (Å²) in [6.07, 6.45) is 3.60. The van der Waals surface area contributed by atoms with E-state index < -0.39 is 0 Å². The summed E-state index contributed by atoms with van der Waals surface area (Å²) in [4.78, 5) is 12.1. The van der Waals surface area contributed by atoms with Crippen molar-refractivity contribution in [3.8, 4) is 5.75 Å². The Labute approximate surface area is 139 Å². The molecule has 7 heteroatoms. The number of benzene rings is 1. The molecule has 0 saturated heterocycles. The van der Waals surface area contributed by atoms with Crippen molar-refractivity contribution < 1.29 is 18.7 Å². The molecule has 2 heterocycles. The molecule has 0 aliphatic heterocycles. The van der Waals surface area contributed by atoms with E-state index in [9.17, 15) is 4.79 Å². The predicted molar refractivity (Wildman–Crippen MR) is 88.1 cm³/mol. The molecule has 3 rings (SSSR count). The van der Waals surface area contributed by atoms with Gasteiger partial charge in [-0.1, -0.05) is 12.1 Å². The third-order valence-corrected chi connectivity index (χ3v) is 3.51. The fraction of sp³-hybridized carbons (Fsp3) is 0.294. The van der Waals surface area contributed by atoms with E-state index in [0.717, 1.165) is 5.39 Å². The SMILES string of the molecule is COc1cccc2cc(C(=O)NCCOCCn3cccn3)oc12. The van der Waals surface area contributed by atoms with Crippen LogP contribution in [-0.4, -0.2) is 42.6 Å². The number of rotatable bonds is 8. The van der Waals surface area contributed by atoms with Crippen LogP contribution >= 0.6 is 0 Å². The number of hydrogen-bond acceptors (Lipinski definition) is 5. The lowest BCUT2D eigenvalue weighted by molar-refractivity contribution is 0.0882. The lowest BCUT2D eigenvalue weighted by Crippen LogP contribution is -2.27. The Kier molecular flexibility index (Phi) is 5.12. The maximum absolute atomic E-state index is 12.1. The van der Waals surface area contributed by atoms with Crippen molar-refractivity contribution >= 4 is 16.9 Å². The Morgan fingerprint density at radius 2 is 2.25 bits per heavy atom. The number of nitrogens with zero attached hydrogens (tertiary/aromatic N) is 2. The van der Waals surface area contributed by atoms with Crippen LogP contribution < -0.4 is 10.1 Å². The summed E-state index contributed by atoms with van der Waals surface area (Å²) < 4.78 is 18.1. The molecule has 7 nitrogen and oxygen atoms in total. The fourth-order valence-corrected chi connectivity index (χ4v) is 2.33. The first-order valence-electron chi connectivity index (χ1n) is 7.68. The van der Waals surface area contributed by atoms with Gasteiger partial charge < -0.3 is 19.2 Å². The zero-order valence-electron chi connectivity index (χ0n) is 13.4. The number of carbonyl (C=O) groups excluding carboxylic acids is 1. The first-order valence-corrected chi connectivity index (χ1v) is 7.68. The number of amides is 1. The van der Waals surface area contributed by atoms with Gasteiger partial charge in [-0.25, -0.2) is 0 Å². The van der Waals surface area contributed by atoms with Crippen LogP contribution in [0.4, 0.5) is 0 Å². The van der Waals surface area contributed by atoms with Crippen molar-refractivity contribution in [1.82, 2.24) is 15.1 Å². The van der Waals surface area contributed by atoms with Crippen LogP contribution in [0.25, 0.3) is 11.0 Å². The predicted octanol–water partition coefficient (Wildman–Crippen LogP) is 2.08. The van der Waals surface area contributed by atoms with E-state index in [4.69, 9.17) is 13.9 Å². The van der Waals surface area contributed by atoms with Crippen LogP contribution in [0.1, 0.15) is 10.6 Å². The smallest absolute Gasteiger partial charge is 0.287 e. The summed E-state index contributed by atoms with van der Waals surface area (Å²) in [6.45, 7) is 2.06. The van der Waals surface area contributed by atoms with Crippen molar-refractivity contribution in [3.05, 3.63) is 48.5 Å². The highest BCUT2D eigenvalue weighted by molar-refractivity contribution is 5.97. The van der Waals surface area contributed by atoms with E-state index >= 15 is 0 Å². The average Bonchev–Trinajstić information content (AvgIpc) is 3.26. The summed E-state index contributed by atoms with van der Waals surface area (Å²) in [5.74, 6) is 0.587. The second-order valence-electron chi connectivity index (χ2n) is 5.13. The highest BCUT2D eigenvalue weighted by Gasteiger charge is 2.14. The number of ether oxygens (including phenoxy) is 2. The van der Waals surface area contributed by atoms with E-state index in [-0.39, 0.29) is 11.7 Å². The number of fused-ring (bicyclic) bond motifs is 1. The summed E-state index contributed by atoms with van der Waals surface area (Å²) in [5, 5.41) is 7.68. The number of carbonyl (C=O) groups is 1. The largest absolute Gasteiger partial charge is 0.493 e. The maximum Gasteiger partial charge on any atom is 0.287 e. The highest BCUT2D eigenvalue weighted by atomic mass is 16.5. The molecule has 0 saturated carbocycles. The van der Waals surface area contributed by atoms with Crippen LogP contribution in [-0.2, 0) is 11.3 Å². The minimum atomic E-state index is -0.274. The summed E-state index contributed by atoms with van der Waals surface area (Å²) in [5.41, 5.74) is 0.570. The molecule has 0 spiro atoms.